The number of nitrogens with one attached hydrogen (secondary N) is 3. The highest BCUT2D eigenvalue weighted by Crippen LogP contribution is 2.42. The molecule has 4 rings (SSSR count). The molecule has 1 amide bonds. The van der Waals surface area contributed by atoms with Crippen molar-refractivity contribution in [1.82, 2.24) is 15.0 Å². The van der Waals surface area contributed by atoms with Gasteiger partial charge in [0.1, 0.15) is 5.56 Å². The summed E-state index contributed by atoms with van der Waals surface area (Å²) in [6.07, 6.45) is 0.777. The molecule has 1 aromatic carbocycles. The van der Waals surface area contributed by atoms with E-state index in [-0.39, 0.29) is 28.5 Å². The summed E-state index contributed by atoms with van der Waals surface area (Å²) >= 11 is 0. The Kier molecular flexibility index (Phi) is 5.81. The molecule has 0 spiro atoms. The van der Waals surface area contributed by atoms with Crippen molar-refractivity contribution >= 4 is 28.6 Å². The lowest BCUT2D eigenvalue weighted by atomic mass is 10.0. The Morgan fingerprint density at radius 1 is 1.21 bits per heavy atom. The van der Waals surface area contributed by atoms with Crippen molar-refractivity contribution in [2.24, 2.45) is 0 Å². The number of benzene rings is 1. The summed E-state index contributed by atoms with van der Waals surface area (Å²) in [5.41, 5.74) is -0.493. The number of H-pyrrole nitrogens is 1. The molecular weight excluding hydrogens is 439 g/mol. The molecule has 3 N–H and O–H groups in total. The van der Waals surface area contributed by atoms with E-state index >= 15 is 0 Å². The molecule has 2 aromatic heterocycles. The maximum Gasteiger partial charge on any atom is 0.419 e. The standard InChI is InChI=1S/C22H24F3N5O3/c1-21(8-4-5-9-21)30-19-27-11-14(22(23,24)25)16(29-19)13-10-26-17-12(13)6-7-15(18(17)32-2)28-20(31)33-3/h6-7,10-11,26H,4-5,8-9H2,1-3H3,(H,28,31)(H,27,29,30). The molecule has 176 valence electrons. The van der Waals surface area contributed by atoms with Gasteiger partial charge in [-0.2, -0.15) is 13.2 Å². The van der Waals surface area contributed by atoms with E-state index in [1.165, 1.54) is 26.5 Å². The minimum atomic E-state index is -4.65. The lowest BCUT2D eigenvalue weighted by molar-refractivity contribution is -0.137. The van der Waals surface area contributed by atoms with Crippen LogP contribution in [-0.2, 0) is 10.9 Å². The van der Waals surface area contributed by atoms with Crippen LogP contribution in [0.2, 0.25) is 0 Å². The van der Waals surface area contributed by atoms with Crippen molar-refractivity contribution in [2.45, 2.75) is 44.3 Å². The van der Waals surface area contributed by atoms with Crippen LogP contribution in [0.1, 0.15) is 38.2 Å². The maximum absolute atomic E-state index is 13.8. The number of nitrogens with zero attached hydrogens (tertiary/aromatic N) is 2. The number of aromatic amines is 1. The van der Waals surface area contributed by atoms with E-state index < -0.39 is 17.8 Å². The lowest BCUT2D eigenvalue weighted by Crippen LogP contribution is -2.32. The van der Waals surface area contributed by atoms with Crippen molar-refractivity contribution in [3.63, 3.8) is 0 Å². The zero-order valence-corrected chi connectivity index (χ0v) is 18.4. The second-order valence-electron chi connectivity index (χ2n) is 8.23. The summed E-state index contributed by atoms with van der Waals surface area (Å²) in [4.78, 5) is 22.8. The zero-order chi connectivity index (χ0) is 23.8. The fraction of sp³-hybridized carbons (Fsp3) is 0.409. The number of aromatic nitrogens is 3. The summed E-state index contributed by atoms with van der Waals surface area (Å²) < 4.78 is 51.6. The fourth-order valence-corrected chi connectivity index (χ4v) is 4.24. The molecule has 0 saturated heterocycles. The van der Waals surface area contributed by atoms with Gasteiger partial charge in [0.15, 0.2) is 5.75 Å². The average Bonchev–Trinajstić information content (AvgIpc) is 3.39. The summed E-state index contributed by atoms with van der Waals surface area (Å²) in [6.45, 7) is 2.02. The van der Waals surface area contributed by atoms with Crippen LogP contribution in [0.25, 0.3) is 22.2 Å². The Balaban J connectivity index is 1.83. The van der Waals surface area contributed by atoms with Gasteiger partial charge in [-0.1, -0.05) is 12.8 Å². The molecule has 3 aromatic rings. The minimum Gasteiger partial charge on any atom is -0.492 e. The van der Waals surface area contributed by atoms with Gasteiger partial charge in [-0.05, 0) is 31.9 Å². The van der Waals surface area contributed by atoms with Gasteiger partial charge in [0, 0.05) is 28.9 Å². The first-order chi connectivity index (χ1) is 15.6. The molecule has 0 radical (unpaired) electrons. The van der Waals surface area contributed by atoms with E-state index in [0.29, 0.717) is 16.6 Å². The molecule has 1 saturated carbocycles. The molecule has 0 aliphatic heterocycles. The van der Waals surface area contributed by atoms with Gasteiger partial charge >= 0.3 is 12.3 Å². The number of carbonyl (C=O) groups is 1. The van der Waals surface area contributed by atoms with Crippen LogP contribution in [0, 0.1) is 0 Å². The third kappa shape index (κ3) is 4.39. The van der Waals surface area contributed by atoms with Crippen molar-refractivity contribution in [3.8, 4) is 17.0 Å². The molecule has 1 fully saturated rings. The van der Waals surface area contributed by atoms with Crippen LogP contribution < -0.4 is 15.4 Å². The van der Waals surface area contributed by atoms with Crippen LogP contribution >= 0.6 is 0 Å². The Hall–Kier alpha value is -3.50. The van der Waals surface area contributed by atoms with Gasteiger partial charge in [0.25, 0.3) is 0 Å². The number of amides is 1. The fourth-order valence-electron chi connectivity index (χ4n) is 4.24. The third-order valence-electron chi connectivity index (χ3n) is 5.90. The second kappa shape index (κ2) is 8.45. The number of fused-ring (bicyclic) bond motifs is 1. The SMILES string of the molecule is COC(=O)Nc1ccc2c(-c3nc(NC4(C)CCCC4)ncc3C(F)(F)F)c[nH]c2c1OC. The summed E-state index contributed by atoms with van der Waals surface area (Å²) in [5.74, 6) is 0.399. The number of alkyl halides is 3. The largest absolute Gasteiger partial charge is 0.492 e. The molecular formula is C22H24F3N5O3. The molecule has 33 heavy (non-hydrogen) atoms. The summed E-state index contributed by atoms with van der Waals surface area (Å²) in [5, 5.41) is 6.19. The Morgan fingerprint density at radius 2 is 1.94 bits per heavy atom. The van der Waals surface area contributed by atoms with E-state index in [2.05, 4.69) is 30.3 Å². The van der Waals surface area contributed by atoms with Crippen molar-refractivity contribution in [2.75, 3.05) is 24.9 Å². The highest BCUT2D eigenvalue weighted by molar-refractivity contribution is 6.03. The first kappa shape index (κ1) is 22.7. The van der Waals surface area contributed by atoms with Gasteiger partial charge in [-0.15, -0.1) is 0 Å². The van der Waals surface area contributed by atoms with Gasteiger partial charge in [0.05, 0.1) is 31.1 Å². The van der Waals surface area contributed by atoms with Crippen LogP contribution in [0.5, 0.6) is 5.75 Å². The predicted molar refractivity (Wildman–Crippen MR) is 117 cm³/mol. The molecule has 2 heterocycles. The molecule has 1 aliphatic carbocycles. The quantitative estimate of drug-likeness (QED) is 0.457. The van der Waals surface area contributed by atoms with Crippen molar-refractivity contribution < 1.29 is 27.4 Å². The van der Waals surface area contributed by atoms with Crippen LogP contribution in [0.15, 0.2) is 24.5 Å². The van der Waals surface area contributed by atoms with Crippen LogP contribution in [0.3, 0.4) is 0 Å². The molecule has 0 atom stereocenters. The minimum absolute atomic E-state index is 0.146. The van der Waals surface area contributed by atoms with E-state index in [0.717, 1.165) is 31.9 Å². The smallest absolute Gasteiger partial charge is 0.419 e. The van der Waals surface area contributed by atoms with Gasteiger partial charge in [-0.25, -0.2) is 14.8 Å². The summed E-state index contributed by atoms with van der Waals surface area (Å²) in [6, 6.07) is 3.12. The maximum atomic E-state index is 13.8. The van der Waals surface area contributed by atoms with Crippen LogP contribution in [-0.4, -0.2) is 40.8 Å². The van der Waals surface area contributed by atoms with Gasteiger partial charge in [0.2, 0.25) is 5.95 Å². The molecule has 8 nitrogen and oxygen atoms in total. The molecule has 1 aliphatic rings. The molecule has 0 unspecified atom stereocenters. The van der Waals surface area contributed by atoms with Crippen LogP contribution in [0.4, 0.5) is 29.6 Å². The van der Waals surface area contributed by atoms with Crippen molar-refractivity contribution in [1.29, 1.82) is 0 Å². The lowest BCUT2D eigenvalue weighted by Gasteiger charge is -2.25. The number of halogens is 3. The van der Waals surface area contributed by atoms with E-state index in [1.807, 2.05) is 6.92 Å². The summed E-state index contributed by atoms with van der Waals surface area (Å²) in [7, 11) is 2.62. The van der Waals surface area contributed by atoms with E-state index in [9.17, 15) is 18.0 Å². The monoisotopic (exact) mass is 463 g/mol. The first-order valence-corrected chi connectivity index (χ1v) is 10.4. The number of ether oxygens (including phenoxy) is 2. The van der Waals surface area contributed by atoms with E-state index in [1.54, 1.807) is 6.07 Å². The number of methoxy groups -OCH3 is 2. The number of hydrogen-bond acceptors (Lipinski definition) is 6. The normalized spacial score (nSPS) is 15.5. The zero-order valence-electron chi connectivity index (χ0n) is 18.4. The molecule has 11 heteroatoms. The highest BCUT2D eigenvalue weighted by Gasteiger charge is 2.37. The van der Waals surface area contributed by atoms with Crippen molar-refractivity contribution in [3.05, 3.63) is 30.1 Å². The average molecular weight is 463 g/mol. The Morgan fingerprint density at radius 3 is 2.58 bits per heavy atom. The number of carbonyl (C=O) groups excluding carboxylic acids is 1. The van der Waals surface area contributed by atoms with E-state index in [4.69, 9.17) is 4.74 Å². The second-order valence-corrected chi connectivity index (χ2v) is 8.23. The number of anilines is 2. The van der Waals surface area contributed by atoms with Gasteiger partial charge < -0.3 is 19.8 Å². The Labute approximate surface area is 187 Å². The topological polar surface area (TPSA) is 101 Å². The number of hydrogen-bond donors (Lipinski definition) is 3. The number of rotatable bonds is 5. The highest BCUT2D eigenvalue weighted by atomic mass is 19.4. The predicted octanol–water partition coefficient (Wildman–Crippen LogP) is 5.58. The Bertz CT molecular complexity index is 1190. The first-order valence-electron chi connectivity index (χ1n) is 10.4. The third-order valence-corrected chi connectivity index (χ3v) is 5.90. The van der Waals surface area contributed by atoms with Gasteiger partial charge in [-0.3, -0.25) is 5.32 Å². The molecule has 0 bridgehead atoms.